The fraction of sp³-hybridized carbons (Fsp3) is 0.500. The van der Waals surface area contributed by atoms with Gasteiger partial charge in [-0.05, 0) is 0 Å². The van der Waals surface area contributed by atoms with Crippen molar-refractivity contribution < 1.29 is 9.53 Å². The summed E-state index contributed by atoms with van der Waals surface area (Å²) >= 11 is 1.43. The Kier molecular flexibility index (Phi) is 6.36. The first-order chi connectivity index (χ1) is 8.17. The molecule has 0 aliphatic carbocycles. The van der Waals surface area contributed by atoms with Gasteiger partial charge in [0.25, 0.3) is 0 Å². The number of carbonyl (C=O) groups is 1. The van der Waals surface area contributed by atoms with Crippen LogP contribution in [0.15, 0.2) is 24.3 Å². The van der Waals surface area contributed by atoms with Crippen LogP contribution in [0.25, 0.3) is 0 Å². The van der Waals surface area contributed by atoms with Crippen molar-refractivity contribution in [3.05, 3.63) is 35.4 Å². The Morgan fingerprint density at radius 1 is 1.24 bits per heavy atom. The molecule has 0 aromatic heterocycles. The molecule has 0 bridgehead atoms. The summed E-state index contributed by atoms with van der Waals surface area (Å²) in [5.41, 5.74) is 2.58. The van der Waals surface area contributed by atoms with Gasteiger partial charge in [0.1, 0.15) is 0 Å². The van der Waals surface area contributed by atoms with Crippen LogP contribution in [0.1, 0.15) is 31.4 Å². The molecule has 17 heavy (non-hydrogen) atoms. The summed E-state index contributed by atoms with van der Waals surface area (Å²) in [6.07, 6.45) is 3.07. The predicted molar refractivity (Wildman–Crippen MR) is 73.1 cm³/mol. The number of hydrogen-bond donors (Lipinski definition) is 0. The summed E-state index contributed by atoms with van der Waals surface area (Å²) in [6, 6.07) is 8.56. The van der Waals surface area contributed by atoms with Gasteiger partial charge in [-0.25, -0.2) is 0 Å². The molecule has 2 atom stereocenters. The SMILES string of the molecule is CCCc1ccc(CC([AsH2])C(=O)OCC)cc1. The second-order valence-corrected chi connectivity index (χ2v) is 5.82. The number of esters is 1. The van der Waals surface area contributed by atoms with Crippen LogP contribution in [0.4, 0.5) is 0 Å². The molecule has 0 amide bonds. The molecule has 0 heterocycles. The van der Waals surface area contributed by atoms with Crippen molar-refractivity contribution in [3.63, 3.8) is 0 Å². The molecule has 0 N–H and O–H groups in total. The fourth-order valence-corrected chi connectivity index (χ4v) is 2.49. The fourth-order valence-electron chi connectivity index (χ4n) is 1.72. The Bertz CT molecular complexity index is 346. The summed E-state index contributed by atoms with van der Waals surface area (Å²) in [5.74, 6) is -0.0786. The van der Waals surface area contributed by atoms with E-state index < -0.39 is 0 Å². The van der Waals surface area contributed by atoms with Crippen LogP contribution in [0.2, 0.25) is 4.71 Å². The topological polar surface area (TPSA) is 26.3 Å². The summed E-state index contributed by atoms with van der Waals surface area (Å²) in [6.45, 7) is 4.49. The van der Waals surface area contributed by atoms with E-state index in [2.05, 4.69) is 31.2 Å². The summed E-state index contributed by atoms with van der Waals surface area (Å²) in [7, 11) is 0. The van der Waals surface area contributed by atoms with Crippen LogP contribution >= 0.6 is 0 Å². The average Bonchev–Trinajstić information content (AvgIpc) is 2.32. The van der Waals surface area contributed by atoms with Crippen molar-refractivity contribution in [3.8, 4) is 0 Å². The van der Waals surface area contributed by atoms with Gasteiger partial charge in [-0.15, -0.1) is 0 Å². The van der Waals surface area contributed by atoms with Crippen LogP contribution < -0.4 is 0 Å². The zero-order chi connectivity index (χ0) is 12.7. The Labute approximate surface area is 112 Å². The van der Waals surface area contributed by atoms with Gasteiger partial charge in [-0.2, -0.15) is 0 Å². The van der Waals surface area contributed by atoms with Gasteiger partial charge in [0, 0.05) is 0 Å². The Morgan fingerprint density at radius 3 is 2.35 bits per heavy atom. The van der Waals surface area contributed by atoms with Gasteiger partial charge in [-0.1, -0.05) is 0 Å². The van der Waals surface area contributed by atoms with Gasteiger partial charge in [-0.3, -0.25) is 0 Å². The van der Waals surface area contributed by atoms with Crippen LogP contribution in [-0.4, -0.2) is 29.4 Å². The summed E-state index contributed by atoms with van der Waals surface area (Å²) in [4.78, 5) is 11.5. The van der Waals surface area contributed by atoms with Crippen molar-refractivity contribution in [1.82, 2.24) is 0 Å². The van der Waals surface area contributed by atoms with Crippen LogP contribution in [-0.2, 0) is 22.4 Å². The zero-order valence-corrected chi connectivity index (χ0v) is 13.0. The summed E-state index contributed by atoms with van der Waals surface area (Å²) in [5, 5.41) is 0. The first-order valence-corrected chi connectivity index (χ1v) is 7.57. The standard InChI is InChI=1S/C14H21AsO2/c1-3-5-11-6-8-12(9-7-11)10-13(15)14(16)17-4-2/h6-9,13H,3-5,10,15H2,1-2H3. The molecule has 1 rings (SSSR count). The van der Waals surface area contributed by atoms with E-state index in [1.807, 2.05) is 6.92 Å². The number of ether oxygens (including phenoxy) is 1. The molecule has 1 aromatic carbocycles. The van der Waals surface area contributed by atoms with Crippen molar-refractivity contribution in [1.29, 1.82) is 0 Å². The van der Waals surface area contributed by atoms with E-state index in [0.29, 0.717) is 6.61 Å². The molecule has 0 fully saturated rings. The molecule has 0 spiro atoms. The molecule has 2 unspecified atom stereocenters. The van der Waals surface area contributed by atoms with E-state index in [1.54, 1.807) is 0 Å². The van der Waals surface area contributed by atoms with Crippen molar-refractivity contribution in [2.75, 3.05) is 6.61 Å². The quantitative estimate of drug-likeness (QED) is 0.594. The van der Waals surface area contributed by atoms with E-state index in [0.717, 1.165) is 12.8 Å². The molecule has 3 heteroatoms. The Morgan fingerprint density at radius 2 is 1.82 bits per heavy atom. The molecule has 0 aliphatic rings. The average molecular weight is 296 g/mol. The molecule has 94 valence electrons. The Hall–Kier alpha value is -0.752. The third-order valence-electron chi connectivity index (χ3n) is 2.61. The van der Waals surface area contributed by atoms with Crippen molar-refractivity contribution in [2.24, 2.45) is 0 Å². The second kappa shape index (κ2) is 7.55. The number of hydrogen-bond acceptors (Lipinski definition) is 2. The van der Waals surface area contributed by atoms with Gasteiger partial charge < -0.3 is 0 Å². The van der Waals surface area contributed by atoms with Crippen LogP contribution in [0.3, 0.4) is 0 Å². The van der Waals surface area contributed by atoms with Crippen LogP contribution in [0.5, 0.6) is 0 Å². The minimum atomic E-state index is -0.0786. The van der Waals surface area contributed by atoms with Gasteiger partial charge in [0.05, 0.1) is 0 Å². The first kappa shape index (κ1) is 14.3. The number of benzene rings is 1. The molecule has 0 saturated heterocycles. The number of rotatable bonds is 6. The van der Waals surface area contributed by atoms with Crippen LogP contribution in [0, 0.1) is 0 Å². The van der Waals surface area contributed by atoms with E-state index >= 15 is 0 Å². The van der Waals surface area contributed by atoms with Gasteiger partial charge in [0.2, 0.25) is 0 Å². The number of carbonyl (C=O) groups excluding carboxylic acids is 1. The molecule has 0 radical (unpaired) electrons. The van der Waals surface area contributed by atoms with E-state index in [4.69, 9.17) is 4.74 Å². The second-order valence-electron chi connectivity index (χ2n) is 4.13. The molecule has 2 nitrogen and oxygen atoms in total. The molecule has 0 saturated carbocycles. The first-order valence-electron chi connectivity index (χ1n) is 6.17. The minimum absolute atomic E-state index is 0.000486. The van der Waals surface area contributed by atoms with E-state index in [-0.39, 0.29) is 10.7 Å². The maximum absolute atomic E-state index is 11.5. The summed E-state index contributed by atoms with van der Waals surface area (Å²) < 4.78 is 5.01. The Balaban J connectivity index is 2.53. The van der Waals surface area contributed by atoms with E-state index in [9.17, 15) is 4.79 Å². The third-order valence-corrected chi connectivity index (χ3v) is 3.67. The molecule has 0 aliphatic heterocycles. The van der Waals surface area contributed by atoms with Gasteiger partial charge >= 0.3 is 112 Å². The normalized spacial score (nSPS) is 12.2. The molecular formula is C14H21AsO2. The maximum atomic E-state index is 11.5. The molecule has 1 aromatic rings. The molecular weight excluding hydrogens is 275 g/mol. The van der Waals surface area contributed by atoms with E-state index in [1.165, 1.54) is 34.4 Å². The van der Waals surface area contributed by atoms with Crippen molar-refractivity contribution >= 4 is 22.8 Å². The van der Waals surface area contributed by atoms with Crippen molar-refractivity contribution in [2.45, 2.75) is 37.8 Å². The third kappa shape index (κ3) is 4.95. The van der Waals surface area contributed by atoms with Gasteiger partial charge in [0.15, 0.2) is 0 Å². The zero-order valence-electron chi connectivity index (χ0n) is 10.6. The number of aryl methyl sites for hydroxylation is 1. The predicted octanol–water partition coefficient (Wildman–Crippen LogP) is 2.17. The monoisotopic (exact) mass is 296 g/mol.